The van der Waals surface area contributed by atoms with Crippen LogP contribution in [0.1, 0.15) is 22.1 Å². The number of aromatic amines is 1. The SMILES string of the molecule is Cc1nc(CNC(=O)C=Cc2cc(CO)cs2)n[nH]1. The highest BCUT2D eigenvalue weighted by atomic mass is 32.1. The summed E-state index contributed by atoms with van der Waals surface area (Å²) in [5.41, 5.74) is 0.848. The molecule has 0 aliphatic rings. The van der Waals surface area contributed by atoms with Gasteiger partial charge in [0.2, 0.25) is 5.91 Å². The van der Waals surface area contributed by atoms with Crippen LogP contribution in [0.2, 0.25) is 0 Å². The van der Waals surface area contributed by atoms with Crippen LogP contribution in [0.25, 0.3) is 6.08 Å². The van der Waals surface area contributed by atoms with E-state index < -0.39 is 0 Å². The fourth-order valence-electron chi connectivity index (χ4n) is 1.42. The van der Waals surface area contributed by atoms with E-state index in [1.807, 2.05) is 11.4 Å². The molecule has 0 bridgehead atoms. The molecule has 0 radical (unpaired) electrons. The van der Waals surface area contributed by atoms with Crippen LogP contribution in [-0.2, 0) is 17.9 Å². The van der Waals surface area contributed by atoms with E-state index in [2.05, 4.69) is 20.5 Å². The Morgan fingerprint density at radius 2 is 2.47 bits per heavy atom. The average molecular weight is 278 g/mol. The zero-order chi connectivity index (χ0) is 13.7. The van der Waals surface area contributed by atoms with E-state index in [0.717, 1.165) is 16.3 Å². The summed E-state index contributed by atoms with van der Waals surface area (Å²) < 4.78 is 0. The molecule has 0 atom stereocenters. The molecule has 0 spiro atoms. The third kappa shape index (κ3) is 4.01. The van der Waals surface area contributed by atoms with Crippen LogP contribution in [0.5, 0.6) is 0 Å². The fraction of sp³-hybridized carbons (Fsp3) is 0.250. The molecule has 0 aliphatic heterocycles. The summed E-state index contributed by atoms with van der Waals surface area (Å²) in [5.74, 6) is 1.06. The Kier molecular flexibility index (Phi) is 4.43. The van der Waals surface area contributed by atoms with Gasteiger partial charge in [-0.2, -0.15) is 5.10 Å². The van der Waals surface area contributed by atoms with Gasteiger partial charge in [0.15, 0.2) is 5.82 Å². The number of amides is 1. The molecule has 0 fully saturated rings. The van der Waals surface area contributed by atoms with Crippen molar-refractivity contribution in [2.24, 2.45) is 0 Å². The van der Waals surface area contributed by atoms with Crippen LogP contribution in [0.4, 0.5) is 0 Å². The van der Waals surface area contributed by atoms with Crippen molar-refractivity contribution in [1.82, 2.24) is 20.5 Å². The van der Waals surface area contributed by atoms with E-state index in [0.29, 0.717) is 12.4 Å². The third-order valence-corrected chi connectivity index (χ3v) is 3.27. The van der Waals surface area contributed by atoms with Crippen molar-refractivity contribution in [3.05, 3.63) is 39.6 Å². The van der Waals surface area contributed by atoms with Crippen molar-refractivity contribution < 1.29 is 9.90 Å². The first-order chi connectivity index (χ1) is 9.17. The Hall–Kier alpha value is -1.99. The number of nitrogens with one attached hydrogen (secondary N) is 2. The minimum absolute atomic E-state index is 0.0146. The van der Waals surface area contributed by atoms with Crippen molar-refractivity contribution in [3.63, 3.8) is 0 Å². The lowest BCUT2D eigenvalue weighted by Gasteiger charge is -1.96. The van der Waals surface area contributed by atoms with Crippen LogP contribution in [-0.4, -0.2) is 26.2 Å². The zero-order valence-electron chi connectivity index (χ0n) is 10.4. The van der Waals surface area contributed by atoms with Gasteiger partial charge in [0.05, 0.1) is 13.2 Å². The second-order valence-electron chi connectivity index (χ2n) is 3.90. The number of hydrogen-bond donors (Lipinski definition) is 3. The summed E-state index contributed by atoms with van der Waals surface area (Å²) in [5, 5.41) is 20.1. The number of hydrogen-bond acceptors (Lipinski definition) is 5. The number of carbonyl (C=O) groups excluding carboxylic acids is 1. The van der Waals surface area contributed by atoms with E-state index in [1.54, 1.807) is 13.0 Å². The predicted molar refractivity (Wildman–Crippen MR) is 72.2 cm³/mol. The standard InChI is InChI=1S/C12H14N4O2S/c1-8-14-11(16-15-8)5-13-12(18)3-2-10-4-9(6-17)7-19-10/h2-4,7,17H,5-6H2,1H3,(H,13,18)(H,14,15,16). The molecule has 0 aromatic carbocycles. The summed E-state index contributed by atoms with van der Waals surface area (Å²) in [6.45, 7) is 2.11. The van der Waals surface area contributed by atoms with E-state index in [9.17, 15) is 4.79 Å². The molecule has 0 saturated carbocycles. The molecule has 2 aromatic rings. The minimum atomic E-state index is -0.207. The van der Waals surface area contributed by atoms with Crippen LogP contribution in [0.15, 0.2) is 17.5 Å². The lowest BCUT2D eigenvalue weighted by molar-refractivity contribution is -0.116. The Morgan fingerprint density at radius 1 is 1.63 bits per heavy atom. The minimum Gasteiger partial charge on any atom is -0.392 e. The molecule has 1 amide bonds. The maximum absolute atomic E-state index is 11.6. The van der Waals surface area contributed by atoms with Gasteiger partial charge in [-0.05, 0) is 30.0 Å². The van der Waals surface area contributed by atoms with Crippen molar-refractivity contribution in [3.8, 4) is 0 Å². The van der Waals surface area contributed by atoms with Gasteiger partial charge in [-0.25, -0.2) is 4.98 Å². The molecule has 7 heteroatoms. The number of aromatic nitrogens is 3. The molecule has 3 N–H and O–H groups in total. The Bertz CT molecular complexity index is 588. The average Bonchev–Trinajstić information content (AvgIpc) is 3.02. The van der Waals surface area contributed by atoms with Crippen LogP contribution in [0, 0.1) is 6.92 Å². The topological polar surface area (TPSA) is 90.9 Å². The molecule has 6 nitrogen and oxygen atoms in total. The lowest BCUT2D eigenvalue weighted by Crippen LogP contribution is -2.20. The van der Waals surface area contributed by atoms with Crippen molar-refractivity contribution in [2.75, 3.05) is 0 Å². The number of carbonyl (C=O) groups is 1. The Morgan fingerprint density at radius 3 is 3.11 bits per heavy atom. The first-order valence-electron chi connectivity index (χ1n) is 5.69. The largest absolute Gasteiger partial charge is 0.392 e. The van der Waals surface area contributed by atoms with Gasteiger partial charge in [0, 0.05) is 11.0 Å². The van der Waals surface area contributed by atoms with Crippen molar-refractivity contribution in [2.45, 2.75) is 20.1 Å². The Labute approximate surface area is 114 Å². The summed E-state index contributed by atoms with van der Waals surface area (Å²) in [6, 6.07) is 1.84. The number of thiophene rings is 1. The van der Waals surface area contributed by atoms with Crippen LogP contribution in [0.3, 0.4) is 0 Å². The second kappa shape index (κ2) is 6.26. The third-order valence-electron chi connectivity index (χ3n) is 2.32. The van der Waals surface area contributed by atoms with Gasteiger partial charge < -0.3 is 10.4 Å². The number of H-pyrrole nitrogens is 1. The first kappa shape index (κ1) is 13.4. The zero-order valence-corrected chi connectivity index (χ0v) is 11.2. The molecule has 19 heavy (non-hydrogen) atoms. The van der Waals surface area contributed by atoms with Crippen LogP contribution >= 0.6 is 11.3 Å². The van der Waals surface area contributed by atoms with Gasteiger partial charge in [-0.15, -0.1) is 11.3 Å². The predicted octanol–water partition coefficient (Wildman–Crippen LogP) is 0.997. The van der Waals surface area contributed by atoms with E-state index in [1.165, 1.54) is 17.4 Å². The van der Waals surface area contributed by atoms with Gasteiger partial charge in [-0.1, -0.05) is 0 Å². The first-order valence-corrected chi connectivity index (χ1v) is 6.57. The molecule has 2 aromatic heterocycles. The fourth-order valence-corrected chi connectivity index (χ4v) is 2.21. The highest BCUT2D eigenvalue weighted by Crippen LogP contribution is 2.15. The maximum Gasteiger partial charge on any atom is 0.244 e. The monoisotopic (exact) mass is 278 g/mol. The molecule has 2 rings (SSSR count). The number of aliphatic hydroxyl groups is 1. The van der Waals surface area contributed by atoms with Gasteiger partial charge in [-0.3, -0.25) is 9.89 Å². The second-order valence-corrected chi connectivity index (χ2v) is 4.85. The summed E-state index contributed by atoms with van der Waals surface area (Å²) in [6.07, 6.45) is 3.16. The summed E-state index contributed by atoms with van der Waals surface area (Å²) in [4.78, 5) is 16.6. The molecule has 2 heterocycles. The highest BCUT2D eigenvalue weighted by molar-refractivity contribution is 7.11. The van der Waals surface area contributed by atoms with E-state index in [-0.39, 0.29) is 12.5 Å². The molecule has 0 aliphatic carbocycles. The Balaban J connectivity index is 1.83. The summed E-state index contributed by atoms with van der Waals surface area (Å²) >= 11 is 1.48. The molecular weight excluding hydrogens is 264 g/mol. The molecule has 100 valence electrons. The van der Waals surface area contributed by atoms with Gasteiger partial charge >= 0.3 is 0 Å². The quantitative estimate of drug-likeness (QED) is 0.711. The highest BCUT2D eigenvalue weighted by Gasteiger charge is 2.01. The number of aryl methyl sites for hydroxylation is 1. The lowest BCUT2D eigenvalue weighted by atomic mass is 10.3. The summed E-state index contributed by atoms with van der Waals surface area (Å²) in [7, 11) is 0. The van der Waals surface area contributed by atoms with E-state index in [4.69, 9.17) is 5.11 Å². The number of nitrogens with zero attached hydrogens (tertiary/aromatic N) is 2. The smallest absolute Gasteiger partial charge is 0.244 e. The van der Waals surface area contributed by atoms with E-state index >= 15 is 0 Å². The van der Waals surface area contributed by atoms with Gasteiger partial charge in [0.25, 0.3) is 0 Å². The van der Waals surface area contributed by atoms with Crippen LogP contribution < -0.4 is 5.32 Å². The molecule has 0 unspecified atom stereocenters. The number of rotatable bonds is 5. The number of aliphatic hydroxyl groups excluding tert-OH is 1. The van der Waals surface area contributed by atoms with Crippen molar-refractivity contribution >= 4 is 23.3 Å². The molecule has 0 saturated heterocycles. The normalized spacial score (nSPS) is 11.1. The maximum atomic E-state index is 11.6. The van der Waals surface area contributed by atoms with Gasteiger partial charge in [0.1, 0.15) is 5.82 Å². The van der Waals surface area contributed by atoms with Crippen molar-refractivity contribution in [1.29, 1.82) is 0 Å². The molecular formula is C12H14N4O2S.